The van der Waals surface area contributed by atoms with Crippen molar-refractivity contribution in [2.45, 2.75) is 51.1 Å². The Labute approximate surface area is 129 Å². The van der Waals surface area contributed by atoms with E-state index in [-0.39, 0.29) is 11.6 Å². The van der Waals surface area contributed by atoms with Crippen LogP contribution in [0.2, 0.25) is 0 Å². The van der Waals surface area contributed by atoms with Crippen molar-refractivity contribution in [3.63, 3.8) is 0 Å². The Kier molecular flexibility index (Phi) is 4.99. The Balaban J connectivity index is 1.99. The molecule has 0 aromatic heterocycles. The first-order valence-corrected chi connectivity index (χ1v) is 9.14. The van der Waals surface area contributed by atoms with Gasteiger partial charge in [-0.15, -0.1) is 6.42 Å². The summed E-state index contributed by atoms with van der Waals surface area (Å²) in [7, 11) is -1.61. The third-order valence-electron chi connectivity index (χ3n) is 4.91. The third kappa shape index (κ3) is 3.42. The van der Waals surface area contributed by atoms with Gasteiger partial charge in [0.1, 0.15) is 0 Å². The Morgan fingerprint density at radius 3 is 2.14 bits per heavy atom. The van der Waals surface area contributed by atoms with E-state index in [4.69, 9.17) is 6.42 Å². The average Bonchev–Trinajstić information content (AvgIpc) is 3.00. The second-order valence-corrected chi connectivity index (χ2v) is 8.54. The molecule has 5 nitrogen and oxygen atoms in total. The highest BCUT2D eigenvalue weighted by atomic mass is 32.2. The van der Waals surface area contributed by atoms with Crippen LogP contribution < -0.4 is 0 Å². The van der Waals surface area contributed by atoms with E-state index in [0.717, 1.165) is 25.7 Å². The summed E-state index contributed by atoms with van der Waals surface area (Å²) in [5.74, 6) is 2.78. The lowest BCUT2D eigenvalue weighted by Crippen LogP contribution is -2.57. The fourth-order valence-electron chi connectivity index (χ4n) is 3.21. The van der Waals surface area contributed by atoms with Crippen molar-refractivity contribution in [3.8, 4) is 12.3 Å². The van der Waals surface area contributed by atoms with E-state index in [1.54, 1.807) is 15.7 Å². The van der Waals surface area contributed by atoms with Crippen LogP contribution in [-0.4, -0.2) is 66.7 Å². The first kappa shape index (κ1) is 16.8. The zero-order valence-electron chi connectivity index (χ0n) is 13.4. The quantitative estimate of drug-likeness (QED) is 0.731. The normalized spacial score (nSPS) is 23.6. The molecule has 2 aliphatic rings. The topological polar surface area (TPSA) is 43.9 Å². The summed E-state index contributed by atoms with van der Waals surface area (Å²) in [5, 5.41) is 0. The molecule has 1 saturated heterocycles. The van der Waals surface area contributed by atoms with Gasteiger partial charge in [-0.25, -0.2) is 0 Å². The van der Waals surface area contributed by atoms with Crippen LogP contribution >= 0.6 is 0 Å². The van der Waals surface area contributed by atoms with Crippen LogP contribution in [0.25, 0.3) is 0 Å². The van der Waals surface area contributed by atoms with Crippen molar-refractivity contribution < 1.29 is 8.42 Å². The standard InChI is InChI=1S/C15H27N3O2S/c1-5-15(2,3)17-10-12-18(13-11-17)21(19,20)16(4)14-8-6-7-9-14/h1,14H,6-13H2,2-4H3. The van der Waals surface area contributed by atoms with Crippen LogP contribution in [0.4, 0.5) is 0 Å². The molecule has 0 unspecified atom stereocenters. The van der Waals surface area contributed by atoms with E-state index in [1.807, 2.05) is 13.8 Å². The lowest BCUT2D eigenvalue weighted by atomic mass is 10.0. The minimum atomic E-state index is -3.33. The van der Waals surface area contributed by atoms with Gasteiger partial charge in [0, 0.05) is 39.3 Å². The molecule has 1 aliphatic heterocycles. The van der Waals surface area contributed by atoms with Gasteiger partial charge in [-0.1, -0.05) is 18.8 Å². The molecular formula is C15H27N3O2S. The number of terminal acetylenes is 1. The number of hydrogen-bond acceptors (Lipinski definition) is 3. The van der Waals surface area contributed by atoms with Crippen LogP contribution in [0.5, 0.6) is 0 Å². The molecule has 1 aliphatic carbocycles. The van der Waals surface area contributed by atoms with Gasteiger partial charge in [0.05, 0.1) is 5.54 Å². The van der Waals surface area contributed by atoms with Crippen LogP contribution in [0.3, 0.4) is 0 Å². The van der Waals surface area contributed by atoms with Crippen molar-refractivity contribution in [2.75, 3.05) is 33.2 Å². The van der Waals surface area contributed by atoms with E-state index in [2.05, 4.69) is 10.8 Å². The number of rotatable bonds is 4. The average molecular weight is 313 g/mol. The number of hydrogen-bond donors (Lipinski definition) is 0. The van der Waals surface area contributed by atoms with Gasteiger partial charge in [-0.3, -0.25) is 4.90 Å². The molecule has 21 heavy (non-hydrogen) atoms. The third-order valence-corrected chi connectivity index (χ3v) is 6.96. The maximum absolute atomic E-state index is 12.7. The predicted octanol–water partition coefficient (Wildman–Crippen LogP) is 1.14. The molecule has 2 rings (SSSR count). The van der Waals surface area contributed by atoms with Gasteiger partial charge >= 0.3 is 0 Å². The lowest BCUT2D eigenvalue weighted by Gasteiger charge is -2.42. The van der Waals surface area contributed by atoms with E-state index in [1.165, 1.54) is 0 Å². The Hall–Kier alpha value is -0.610. The maximum Gasteiger partial charge on any atom is 0.282 e. The smallest absolute Gasteiger partial charge is 0.282 e. The molecular weight excluding hydrogens is 286 g/mol. The minimum absolute atomic E-state index is 0.176. The van der Waals surface area contributed by atoms with E-state index in [0.29, 0.717) is 26.2 Å². The van der Waals surface area contributed by atoms with Crippen molar-refractivity contribution in [1.82, 2.24) is 13.5 Å². The molecule has 1 heterocycles. The lowest BCUT2D eigenvalue weighted by molar-refractivity contribution is 0.113. The molecule has 6 heteroatoms. The summed E-state index contributed by atoms with van der Waals surface area (Å²) in [6.07, 6.45) is 9.80. The molecule has 120 valence electrons. The molecule has 0 radical (unpaired) electrons. The fourth-order valence-corrected chi connectivity index (χ4v) is 4.78. The highest BCUT2D eigenvalue weighted by Gasteiger charge is 2.37. The summed E-state index contributed by atoms with van der Waals surface area (Å²) in [5.41, 5.74) is -0.312. The summed E-state index contributed by atoms with van der Waals surface area (Å²) < 4.78 is 28.6. The largest absolute Gasteiger partial charge is 0.285 e. The molecule has 0 amide bonds. The summed E-state index contributed by atoms with van der Waals surface area (Å²) in [6, 6.07) is 0.176. The highest BCUT2D eigenvalue weighted by Crippen LogP contribution is 2.26. The maximum atomic E-state index is 12.7. The van der Waals surface area contributed by atoms with Crippen molar-refractivity contribution in [3.05, 3.63) is 0 Å². The predicted molar refractivity (Wildman–Crippen MR) is 85.0 cm³/mol. The molecule has 0 atom stereocenters. The second kappa shape index (κ2) is 6.25. The molecule has 0 aromatic carbocycles. The summed E-state index contributed by atoms with van der Waals surface area (Å²) >= 11 is 0. The Morgan fingerprint density at radius 1 is 1.14 bits per heavy atom. The number of piperazine rings is 1. The Morgan fingerprint density at radius 2 is 1.67 bits per heavy atom. The van der Waals surface area contributed by atoms with E-state index < -0.39 is 10.2 Å². The van der Waals surface area contributed by atoms with Crippen molar-refractivity contribution >= 4 is 10.2 Å². The zero-order valence-corrected chi connectivity index (χ0v) is 14.2. The molecule has 0 spiro atoms. The second-order valence-electron chi connectivity index (χ2n) is 6.55. The van der Waals surface area contributed by atoms with Gasteiger partial charge in [0.25, 0.3) is 10.2 Å². The molecule has 1 saturated carbocycles. The van der Waals surface area contributed by atoms with Crippen LogP contribution in [0.15, 0.2) is 0 Å². The Bertz CT molecular complexity index is 496. The SMILES string of the molecule is C#CC(C)(C)N1CCN(S(=O)(=O)N(C)C2CCCC2)CC1. The van der Waals surface area contributed by atoms with Gasteiger partial charge in [0.15, 0.2) is 0 Å². The van der Waals surface area contributed by atoms with Crippen LogP contribution in [0, 0.1) is 12.3 Å². The molecule has 0 aromatic rings. The van der Waals surface area contributed by atoms with Crippen LogP contribution in [-0.2, 0) is 10.2 Å². The summed E-state index contributed by atoms with van der Waals surface area (Å²) in [6.45, 7) is 6.42. The zero-order chi connectivity index (χ0) is 15.7. The van der Waals surface area contributed by atoms with Crippen molar-refractivity contribution in [1.29, 1.82) is 0 Å². The summed E-state index contributed by atoms with van der Waals surface area (Å²) in [4.78, 5) is 2.18. The first-order valence-electron chi connectivity index (χ1n) is 7.75. The monoisotopic (exact) mass is 313 g/mol. The van der Waals surface area contributed by atoms with Gasteiger partial charge in [-0.2, -0.15) is 17.0 Å². The molecule has 0 N–H and O–H groups in total. The number of nitrogens with zero attached hydrogens (tertiary/aromatic N) is 3. The van der Waals surface area contributed by atoms with E-state index >= 15 is 0 Å². The molecule has 0 bridgehead atoms. The van der Waals surface area contributed by atoms with Gasteiger partial charge in [-0.05, 0) is 26.7 Å². The van der Waals surface area contributed by atoms with Gasteiger partial charge in [0.2, 0.25) is 0 Å². The van der Waals surface area contributed by atoms with E-state index in [9.17, 15) is 8.42 Å². The van der Waals surface area contributed by atoms with Gasteiger partial charge < -0.3 is 0 Å². The minimum Gasteiger partial charge on any atom is -0.285 e. The molecule has 2 fully saturated rings. The first-order chi connectivity index (χ1) is 9.79. The fraction of sp³-hybridized carbons (Fsp3) is 0.867. The van der Waals surface area contributed by atoms with Crippen molar-refractivity contribution in [2.24, 2.45) is 0 Å². The van der Waals surface area contributed by atoms with Crippen LogP contribution in [0.1, 0.15) is 39.5 Å². The highest BCUT2D eigenvalue weighted by molar-refractivity contribution is 7.86.